The van der Waals surface area contributed by atoms with E-state index in [1.165, 1.54) is 6.42 Å². The third kappa shape index (κ3) is 4.94. The summed E-state index contributed by atoms with van der Waals surface area (Å²) in [7, 11) is 0. The Morgan fingerprint density at radius 2 is 2.10 bits per heavy atom. The molecule has 1 amide bonds. The van der Waals surface area contributed by atoms with Crippen LogP contribution in [0.5, 0.6) is 0 Å². The number of ether oxygens (including phenoxy) is 2. The minimum absolute atomic E-state index is 0.175. The lowest BCUT2D eigenvalue weighted by molar-refractivity contribution is -0.000958. The van der Waals surface area contributed by atoms with Gasteiger partial charge in [-0.25, -0.2) is 4.79 Å². The second kappa shape index (κ2) is 6.76. The van der Waals surface area contributed by atoms with Crippen molar-refractivity contribution in [2.75, 3.05) is 32.8 Å². The molecule has 0 radical (unpaired) electrons. The van der Waals surface area contributed by atoms with Crippen LogP contribution in [0, 0.1) is 5.92 Å². The molecule has 2 aliphatic rings. The predicted octanol–water partition coefficient (Wildman–Crippen LogP) is 2.01. The Labute approximate surface area is 122 Å². The number of piperidine rings is 1. The molecule has 1 atom stereocenters. The molecule has 0 aromatic rings. The lowest BCUT2D eigenvalue weighted by Crippen LogP contribution is -2.48. The second-order valence-corrected chi connectivity index (χ2v) is 6.87. The molecule has 2 fully saturated rings. The van der Waals surface area contributed by atoms with Crippen LogP contribution in [-0.4, -0.2) is 55.5 Å². The van der Waals surface area contributed by atoms with Gasteiger partial charge in [0.2, 0.25) is 0 Å². The van der Waals surface area contributed by atoms with Crippen LogP contribution < -0.4 is 5.32 Å². The van der Waals surface area contributed by atoms with E-state index < -0.39 is 5.60 Å². The molecule has 0 bridgehead atoms. The van der Waals surface area contributed by atoms with Crippen LogP contribution >= 0.6 is 0 Å². The Hall–Kier alpha value is -0.810. The van der Waals surface area contributed by atoms with Gasteiger partial charge < -0.3 is 19.7 Å². The molecule has 0 aromatic carbocycles. The number of amides is 1. The van der Waals surface area contributed by atoms with Gasteiger partial charge in [-0.2, -0.15) is 0 Å². The largest absolute Gasteiger partial charge is 0.444 e. The fourth-order valence-electron chi connectivity index (χ4n) is 2.57. The van der Waals surface area contributed by atoms with E-state index in [2.05, 4.69) is 5.32 Å². The van der Waals surface area contributed by atoms with E-state index in [0.29, 0.717) is 12.0 Å². The maximum Gasteiger partial charge on any atom is 0.410 e. The predicted molar refractivity (Wildman–Crippen MR) is 77.8 cm³/mol. The molecule has 2 rings (SSSR count). The van der Waals surface area contributed by atoms with E-state index in [1.54, 1.807) is 0 Å². The van der Waals surface area contributed by atoms with E-state index in [0.717, 1.165) is 45.6 Å². The molecule has 0 aromatic heterocycles. The lowest BCUT2D eigenvalue weighted by Gasteiger charge is -2.34. The summed E-state index contributed by atoms with van der Waals surface area (Å²) in [6.45, 7) is 10.1. The first-order valence-corrected chi connectivity index (χ1v) is 7.74. The van der Waals surface area contributed by atoms with Gasteiger partial charge in [0.25, 0.3) is 0 Å². The number of hydrogen-bond acceptors (Lipinski definition) is 4. The summed E-state index contributed by atoms with van der Waals surface area (Å²) in [5.41, 5.74) is -0.412. The Morgan fingerprint density at radius 3 is 2.70 bits per heavy atom. The Morgan fingerprint density at radius 1 is 1.35 bits per heavy atom. The molecule has 0 spiro atoms. The van der Waals surface area contributed by atoms with Gasteiger partial charge in [-0.3, -0.25) is 0 Å². The molecule has 2 saturated heterocycles. The zero-order valence-electron chi connectivity index (χ0n) is 13.0. The quantitative estimate of drug-likeness (QED) is 0.858. The third-order valence-electron chi connectivity index (χ3n) is 3.79. The molecule has 5 heteroatoms. The molecule has 116 valence electrons. The van der Waals surface area contributed by atoms with Crippen molar-refractivity contribution < 1.29 is 14.3 Å². The van der Waals surface area contributed by atoms with Crippen molar-refractivity contribution in [3.8, 4) is 0 Å². The number of carbonyl (C=O) groups is 1. The molecule has 5 nitrogen and oxygen atoms in total. The normalized spacial score (nSPS) is 24.4. The highest BCUT2D eigenvalue weighted by Gasteiger charge is 2.27. The number of nitrogens with zero attached hydrogens (tertiary/aromatic N) is 1. The van der Waals surface area contributed by atoms with Gasteiger partial charge in [0.05, 0.1) is 6.10 Å². The maximum atomic E-state index is 12.1. The molecular weight excluding hydrogens is 256 g/mol. The van der Waals surface area contributed by atoms with Crippen LogP contribution in [-0.2, 0) is 9.47 Å². The van der Waals surface area contributed by atoms with Crippen molar-refractivity contribution in [1.29, 1.82) is 0 Å². The molecule has 1 unspecified atom stereocenters. The Bertz CT molecular complexity index is 324. The van der Waals surface area contributed by atoms with Gasteiger partial charge >= 0.3 is 6.09 Å². The van der Waals surface area contributed by atoms with Gasteiger partial charge in [-0.05, 0) is 46.0 Å². The van der Waals surface area contributed by atoms with E-state index in [1.807, 2.05) is 25.7 Å². The maximum absolute atomic E-state index is 12.1. The minimum atomic E-state index is -0.412. The van der Waals surface area contributed by atoms with Gasteiger partial charge in [-0.15, -0.1) is 0 Å². The second-order valence-electron chi connectivity index (χ2n) is 6.87. The zero-order valence-corrected chi connectivity index (χ0v) is 13.0. The standard InChI is InChI=1S/C15H28N2O3/c1-15(2,3)20-14(18)17-7-4-5-12(11-17)6-8-19-13-9-16-10-13/h12-13,16H,4-11H2,1-3H3. The molecule has 0 saturated carbocycles. The Balaban J connectivity index is 1.69. The van der Waals surface area contributed by atoms with Crippen molar-refractivity contribution in [1.82, 2.24) is 10.2 Å². The van der Waals surface area contributed by atoms with Gasteiger partial charge in [-0.1, -0.05) is 0 Å². The van der Waals surface area contributed by atoms with Crippen LogP contribution in [0.25, 0.3) is 0 Å². The average molecular weight is 284 g/mol. The van der Waals surface area contributed by atoms with E-state index in [-0.39, 0.29) is 6.09 Å². The molecule has 0 aliphatic carbocycles. The fourth-order valence-corrected chi connectivity index (χ4v) is 2.57. The van der Waals surface area contributed by atoms with Crippen LogP contribution in [0.2, 0.25) is 0 Å². The van der Waals surface area contributed by atoms with E-state index in [4.69, 9.17) is 9.47 Å². The van der Waals surface area contributed by atoms with Crippen LogP contribution in [0.15, 0.2) is 0 Å². The van der Waals surface area contributed by atoms with E-state index >= 15 is 0 Å². The summed E-state index contributed by atoms with van der Waals surface area (Å²) in [4.78, 5) is 13.9. The highest BCUT2D eigenvalue weighted by molar-refractivity contribution is 5.68. The number of nitrogens with one attached hydrogen (secondary N) is 1. The first-order chi connectivity index (χ1) is 9.44. The summed E-state index contributed by atoms with van der Waals surface area (Å²) < 4.78 is 11.2. The molecule has 2 aliphatic heterocycles. The molecular formula is C15H28N2O3. The number of hydrogen-bond donors (Lipinski definition) is 1. The molecule has 20 heavy (non-hydrogen) atoms. The molecule has 2 heterocycles. The summed E-state index contributed by atoms with van der Waals surface area (Å²) in [6.07, 6.45) is 3.52. The summed E-state index contributed by atoms with van der Waals surface area (Å²) >= 11 is 0. The summed E-state index contributed by atoms with van der Waals surface area (Å²) in [6, 6.07) is 0. The highest BCUT2D eigenvalue weighted by Crippen LogP contribution is 2.22. The van der Waals surface area contributed by atoms with Crippen LogP contribution in [0.1, 0.15) is 40.0 Å². The number of carbonyl (C=O) groups excluding carboxylic acids is 1. The smallest absolute Gasteiger partial charge is 0.410 e. The van der Waals surface area contributed by atoms with Gasteiger partial charge in [0, 0.05) is 32.8 Å². The highest BCUT2D eigenvalue weighted by atomic mass is 16.6. The first kappa shape index (κ1) is 15.6. The average Bonchev–Trinajstić information content (AvgIpc) is 2.30. The van der Waals surface area contributed by atoms with Crippen molar-refractivity contribution in [2.45, 2.75) is 51.7 Å². The summed E-state index contributed by atoms with van der Waals surface area (Å²) in [5, 5.41) is 3.20. The van der Waals surface area contributed by atoms with Gasteiger partial charge in [0.1, 0.15) is 5.60 Å². The minimum Gasteiger partial charge on any atom is -0.444 e. The first-order valence-electron chi connectivity index (χ1n) is 7.74. The zero-order chi connectivity index (χ0) is 14.6. The fraction of sp³-hybridized carbons (Fsp3) is 0.933. The third-order valence-corrected chi connectivity index (χ3v) is 3.79. The SMILES string of the molecule is CC(C)(C)OC(=O)N1CCCC(CCOC2CNC2)C1. The number of likely N-dealkylation sites (tertiary alicyclic amines) is 1. The lowest BCUT2D eigenvalue weighted by atomic mass is 9.95. The van der Waals surface area contributed by atoms with Crippen LogP contribution in [0.3, 0.4) is 0 Å². The van der Waals surface area contributed by atoms with Crippen molar-refractivity contribution >= 4 is 6.09 Å². The summed E-state index contributed by atoms with van der Waals surface area (Å²) in [5.74, 6) is 0.546. The topological polar surface area (TPSA) is 50.8 Å². The van der Waals surface area contributed by atoms with Gasteiger partial charge in [0.15, 0.2) is 0 Å². The monoisotopic (exact) mass is 284 g/mol. The van der Waals surface area contributed by atoms with Crippen molar-refractivity contribution in [2.24, 2.45) is 5.92 Å². The molecule has 1 N–H and O–H groups in total. The van der Waals surface area contributed by atoms with Crippen LogP contribution in [0.4, 0.5) is 4.79 Å². The Kier molecular flexibility index (Phi) is 5.27. The van der Waals surface area contributed by atoms with Crippen molar-refractivity contribution in [3.63, 3.8) is 0 Å². The number of rotatable bonds is 4. The van der Waals surface area contributed by atoms with Crippen molar-refractivity contribution in [3.05, 3.63) is 0 Å². The van der Waals surface area contributed by atoms with E-state index in [9.17, 15) is 4.79 Å².